The van der Waals surface area contributed by atoms with Crippen LogP contribution in [-0.2, 0) is 19.6 Å². The summed E-state index contributed by atoms with van der Waals surface area (Å²) >= 11 is 0. The van der Waals surface area contributed by atoms with Crippen molar-refractivity contribution in [2.45, 2.75) is 45.1 Å². The molecule has 8 heteroatoms. The summed E-state index contributed by atoms with van der Waals surface area (Å²) in [6.45, 7) is 8.93. The second-order valence-corrected chi connectivity index (χ2v) is 10.6. The van der Waals surface area contributed by atoms with Gasteiger partial charge in [0.2, 0.25) is 15.9 Å². The number of piperazine rings is 1. The predicted octanol–water partition coefficient (Wildman–Crippen LogP) is 2.56. The molecule has 7 nitrogen and oxygen atoms in total. The van der Waals surface area contributed by atoms with Crippen LogP contribution in [0.15, 0.2) is 41.3 Å². The van der Waals surface area contributed by atoms with Gasteiger partial charge in [-0.25, -0.2) is 13.3 Å². The van der Waals surface area contributed by atoms with E-state index >= 15 is 0 Å². The largest absolute Gasteiger partial charge is 0.289 e. The van der Waals surface area contributed by atoms with Crippen LogP contribution < -0.4 is 4.90 Å². The van der Waals surface area contributed by atoms with E-state index in [4.69, 9.17) is 0 Å². The van der Waals surface area contributed by atoms with Crippen LogP contribution in [0.1, 0.15) is 28.7 Å². The number of para-hydroxylation sites is 1. The number of hydrogen-bond donors (Lipinski definition) is 0. The third-order valence-electron chi connectivity index (χ3n) is 6.45. The van der Waals surface area contributed by atoms with Crippen molar-refractivity contribution in [2.24, 2.45) is 0 Å². The van der Waals surface area contributed by atoms with Gasteiger partial charge < -0.3 is 0 Å². The van der Waals surface area contributed by atoms with Gasteiger partial charge in [0.1, 0.15) is 0 Å². The summed E-state index contributed by atoms with van der Waals surface area (Å²) in [7, 11) is -3.60. The molecule has 0 bridgehead atoms. The Morgan fingerprint density at radius 2 is 1.47 bits per heavy atom. The zero-order valence-electron chi connectivity index (χ0n) is 19.0. The molecule has 0 radical (unpaired) electrons. The van der Waals surface area contributed by atoms with Gasteiger partial charge in [-0.2, -0.15) is 4.31 Å². The van der Waals surface area contributed by atoms with Crippen LogP contribution in [0.4, 0.5) is 5.69 Å². The van der Waals surface area contributed by atoms with Gasteiger partial charge in [-0.1, -0.05) is 35.9 Å². The maximum Gasteiger partial charge on any atom is 0.251 e. The third kappa shape index (κ3) is 3.87. The van der Waals surface area contributed by atoms with Crippen molar-refractivity contribution < 1.29 is 18.0 Å². The lowest BCUT2D eigenvalue weighted by Crippen LogP contribution is -2.53. The van der Waals surface area contributed by atoms with Crippen molar-refractivity contribution in [3.05, 3.63) is 58.7 Å². The zero-order chi connectivity index (χ0) is 23.2. The van der Waals surface area contributed by atoms with E-state index in [1.165, 1.54) is 9.21 Å². The van der Waals surface area contributed by atoms with Gasteiger partial charge in [0.25, 0.3) is 5.91 Å². The molecular formula is C24H29N3O4S. The Bertz CT molecular complexity index is 1160. The number of hydrogen-bond acceptors (Lipinski definition) is 5. The fourth-order valence-electron chi connectivity index (χ4n) is 4.78. The van der Waals surface area contributed by atoms with Gasteiger partial charge in [-0.05, 0) is 50.5 Å². The topological polar surface area (TPSA) is 78.0 Å². The summed E-state index contributed by atoms with van der Waals surface area (Å²) in [6, 6.07) is 10.5. The monoisotopic (exact) mass is 455 g/mol. The number of nitrogens with zero attached hydrogens (tertiary/aromatic N) is 3. The number of anilines is 1. The number of rotatable bonds is 4. The molecule has 2 aromatic carbocycles. The van der Waals surface area contributed by atoms with Crippen molar-refractivity contribution in [3.63, 3.8) is 0 Å². The second-order valence-electron chi connectivity index (χ2n) is 8.74. The number of amides is 2. The number of aryl methyl sites for hydroxylation is 4. The molecule has 2 heterocycles. The first-order valence-corrected chi connectivity index (χ1v) is 12.3. The predicted molar refractivity (Wildman–Crippen MR) is 123 cm³/mol. The Morgan fingerprint density at radius 1 is 0.844 bits per heavy atom. The second kappa shape index (κ2) is 8.42. The third-order valence-corrected chi connectivity index (χ3v) is 8.51. The van der Waals surface area contributed by atoms with Gasteiger partial charge >= 0.3 is 0 Å². The lowest BCUT2D eigenvalue weighted by molar-refractivity contribution is -0.123. The first-order chi connectivity index (χ1) is 15.1. The fourth-order valence-corrected chi connectivity index (χ4v) is 6.41. The Morgan fingerprint density at radius 3 is 2.06 bits per heavy atom. The molecule has 0 N–H and O–H groups in total. The van der Waals surface area contributed by atoms with Crippen LogP contribution in [0.2, 0.25) is 0 Å². The standard InChI is InChI=1S/C24H29N3O4S/c1-16-8-9-21(19(4)14-16)32(30,31)26-12-10-25(11-13-26)20-15-22(28)27(24(20)29)23-17(2)6-5-7-18(23)3/h5-9,14,20H,10-13,15H2,1-4H3. The number of carbonyl (C=O) groups is 2. The quantitative estimate of drug-likeness (QED) is 0.662. The van der Waals surface area contributed by atoms with Gasteiger partial charge in [0.05, 0.1) is 23.0 Å². The molecule has 4 rings (SSSR count). The SMILES string of the molecule is Cc1ccc(S(=O)(=O)N2CCN(C3CC(=O)N(c4c(C)cccc4C)C3=O)CC2)c(C)c1. The van der Waals surface area contributed by atoms with Crippen LogP contribution in [0.5, 0.6) is 0 Å². The van der Waals surface area contributed by atoms with E-state index in [0.717, 1.165) is 22.3 Å². The van der Waals surface area contributed by atoms with E-state index < -0.39 is 16.1 Å². The van der Waals surface area contributed by atoms with Crippen molar-refractivity contribution in [1.29, 1.82) is 0 Å². The number of imide groups is 1. The molecule has 0 saturated carbocycles. The summed E-state index contributed by atoms with van der Waals surface area (Å²) in [4.78, 5) is 29.6. The summed E-state index contributed by atoms with van der Waals surface area (Å²) in [6.07, 6.45) is 0.121. The van der Waals surface area contributed by atoms with Crippen LogP contribution in [0.25, 0.3) is 0 Å². The molecule has 2 amide bonds. The minimum atomic E-state index is -3.60. The van der Waals surface area contributed by atoms with Crippen LogP contribution in [0, 0.1) is 27.7 Å². The van der Waals surface area contributed by atoms with E-state index in [9.17, 15) is 18.0 Å². The molecule has 32 heavy (non-hydrogen) atoms. The van der Waals surface area contributed by atoms with Gasteiger partial charge in [0, 0.05) is 26.2 Å². The molecular weight excluding hydrogens is 426 g/mol. The summed E-state index contributed by atoms with van der Waals surface area (Å²) < 4.78 is 27.8. The average Bonchev–Trinajstić information content (AvgIpc) is 3.02. The van der Waals surface area contributed by atoms with Crippen molar-refractivity contribution in [1.82, 2.24) is 9.21 Å². The van der Waals surface area contributed by atoms with E-state index in [2.05, 4.69) is 0 Å². The maximum atomic E-state index is 13.2. The van der Waals surface area contributed by atoms with Gasteiger partial charge in [-0.15, -0.1) is 0 Å². The van der Waals surface area contributed by atoms with Crippen molar-refractivity contribution in [2.75, 3.05) is 31.1 Å². The van der Waals surface area contributed by atoms with E-state index in [1.54, 1.807) is 19.1 Å². The van der Waals surface area contributed by atoms with Crippen LogP contribution >= 0.6 is 0 Å². The van der Waals surface area contributed by atoms with Gasteiger partial charge in [-0.3, -0.25) is 14.5 Å². The lowest BCUT2D eigenvalue weighted by atomic mass is 10.1. The Labute approximate surface area is 189 Å². The molecule has 2 aromatic rings. The first-order valence-electron chi connectivity index (χ1n) is 10.9. The fraction of sp³-hybridized carbons (Fsp3) is 0.417. The van der Waals surface area contributed by atoms with Gasteiger partial charge in [0.15, 0.2) is 0 Å². The smallest absolute Gasteiger partial charge is 0.251 e. The number of carbonyl (C=O) groups excluding carboxylic acids is 2. The highest BCUT2D eigenvalue weighted by molar-refractivity contribution is 7.89. The molecule has 2 aliphatic heterocycles. The zero-order valence-corrected chi connectivity index (χ0v) is 19.8. The lowest BCUT2D eigenvalue weighted by Gasteiger charge is -2.36. The molecule has 1 unspecified atom stereocenters. The molecule has 0 aromatic heterocycles. The Kier molecular flexibility index (Phi) is 5.96. The molecule has 0 spiro atoms. The van der Waals surface area contributed by atoms with E-state index in [-0.39, 0.29) is 31.3 Å². The molecule has 1 atom stereocenters. The average molecular weight is 456 g/mol. The van der Waals surface area contributed by atoms with Crippen LogP contribution in [-0.4, -0.2) is 61.7 Å². The van der Waals surface area contributed by atoms with E-state index in [0.29, 0.717) is 23.7 Å². The van der Waals surface area contributed by atoms with Crippen molar-refractivity contribution in [3.8, 4) is 0 Å². The highest BCUT2D eigenvalue weighted by Gasteiger charge is 2.45. The summed E-state index contributed by atoms with van der Waals surface area (Å²) in [5.41, 5.74) is 4.19. The normalized spacial score (nSPS) is 20.9. The van der Waals surface area contributed by atoms with Crippen molar-refractivity contribution >= 4 is 27.5 Å². The summed E-state index contributed by atoms with van der Waals surface area (Å²) in [5, 5.41) is 0. The number of benzene rings is 2. The highest BCUT2D eigenvalue weighted by atomic mass is 32.2. The van der Waals surface area contributed by atoms with E-state index in [1.807, 2.05) is 49.9 Å². The molecule has 0 aliphatic carbocycles. The molecule has 2 fully saturated rings. The number of sulfonamides is 1. The molecule has 2 saturated heterocycles. The minimum absolute atomic E-state index is 0.121. The molecule has 2 aliphatic rings. The Hall–Kier alpha value is -2.55. The molecule has 170 valence electrons. The summed E-state index contributed by atoms with van der Waals surface area (Å²) in [5.74, 6) is -0.430. The van der Waals surface area contributed by atoms with Crippen LogP contribution in [0.3, 0.4) is 0 Å². The minimum Gasteiger partial charge on any atom is -0.289 e. The first kappa shape index (κ1) is 22.6. The Balaban J connectivity index is 1.49. The highest BCUT2D eigenvalue weighted by Crippen LogP contribution is 2.32. The maximum absolute atomic E-state index is 13.2.